The van der Waals surface area contributed by atoms with E-state index in [-0.39, 0.29) is 0 Å². The van der Waals surface area contributed by atoms with E-state index in [2.05, 4.69) is 40.6 Å². The predicted octanol–water partition coefficient (Wildman–Crippen LogP) is 1.92. The van der Waals surface area contributed by atoms with Gasteiger partial charge < -0.3 is 9.47 Å². The van der Waals surface area contributed by atoms with Gasteiger partial charge in [0.2, 0.25) is 0 Å². The molecule has 0 fully saturated rings. The van der Waals surface area contributed by atoms with Gasteiger partial charge in [0.05, 0.1) is 0 Å². The summed E-state index contributed by atoms with van der Waals surface area (Å²) in [6.45, 7) is 8.06. The Morgan fingerprint density at radius 1 is 1.53 bits per heavy atom. The molecule has 0 spiro atoms. The first-order chi connectivity index (χ1) is 7.10. The molecule has 0 bridgehead atoms. The van der Waals surface area contributed by atoms with Crippen molar-refractivity contribution in [3.8, 4) is 0 Å². The Balaban J connectivity index is 2.97. The van der Waals surface area contributed by atoms with E-state index >= 15 is 0 Å². The number of rotatable bonds is 2. The Bertz CT molecular complexity index is 399. The van der Waals surface area contributed by atoms with Crippen LogP contribution in [0, 0.1) is 6.92 Å². The zero-order valence-corrected chi connectivity index (χ0v) is 11.3. The lowest BCUT2D eigenvalue weighted by molar-refractivity contribution is 0.468. The summed E-state index contributed by atoms with van der Waals surface area (Å²) in [6, 6.07) is 0. The molecule has 0 aliphatic rings. The van der Waals surface area contributed by atoms with E-state index in [1.165, 1.54) is 5.69 Å². The SMILES string of the molecule is CCN(CC)C(=S)N=c1scc(C)n1C. The second kappa shape index (κ2) is 5.42. The van der Waals surface area contributed by atoms with Crippen molar-refractivity contribution in [3.63, 3.8) is 0 Å². The van der Waals surface area contributed by atoms with E-state index in [1.807, 2.05) is 7.05 Å². The Hall–Kier alpha value is -0.680. The van der Waals surface area contributed by atoms with Crippen molar-refractivity contribution in [2.45, 2.75) is 20.8 Å². The molecule has 5 heteroatoms. The van der Waals surface area contributed by atoms with Crippen LogP contribution >= 0.6 is 23.6 Å². The quantitative estimate of drug-likeness (QED) is 0.740. The number of aryl methyl sites for hydroxylation is 1. The van der Waals surface area contributed by atoms with Crippen molar-refractivity contribution in [1.29, 1.82) is 0 Å². The lowest BCUT2D eigenvalue weighted by Crippen LogP contribution is -2.29. The van der Waals surface area contributed by atoms with Gasteiger partial charge in [0.15, 0.2) is 9.91 Å². The maximum absolute atomic E-state index is 5.28. The minimum Gasteiger partial charge on any atom is -0.348 e. The molecule has 1 aromatic rings. The maximum atomic E-state index is 5.28. The predicted molar refractivity (Wildman–Crippen MR) is 69.1 cm³/mol. The van der Waals surface area contributed by atoms with Gasteiger partial charge in [-0.25, -0.2) is 0 Å². The fourth-order valence-corrected chi connectivity index (χ4v) is 2.47. The molecule has 0 saturated carbocycles. The molecule has 3 nitrogen and oxygen atoms in total. The number of thiazole rings is 1. The zero-order valence-electron chi connectivity index (χ0n) is 9.65. The van der Waals surface area contributed by atoms with Gasteiger partial charge in [-0.15, -0.1) is 11.3 Å². The average molecular weight is 243 g/mol. The zero-order chi connectivity index (χ0) is 11.4. The summed E-state index contributed by atoms with van der Waals surface area (Å²) in [5, 5.41) is 2.77. The van der Waals surface area contributed by atoms with E-state index in [4.69, 9.17) is 12.2 Å². The lowest BCUT2D eigenvalue weighted by Gasteiger charge is -2.17. The minimum atomic E-state index is 0.678. The van der Waals surface area contributed by atoms with Gasteiger partial charge in [-0.05, 0) is 33.0 Å². The average Bonchev–Trinajstić information content (AvgIpc) is 2.52. The summed E-state index contributed by atoms with van der Waals surface area (Å²) in [7, 11) is 2.01. The monoisotopic (exact) mass is 243 g/mol. The molecule has 0 amide bonds. The highest BCUT2D eigenvalue weighted by molar-refractivity contribution is 7.80. The van der Waals surface area contributed by atoms with Crippen LogP contribution in [0.25, 0.3) is 0 Å². The highest BCUT2D eigenvalue weighted by Crippen LogP contribution is 1.98. The van der Waals surface area contributed by atoms with Crippen LogP contribution in [0.2, 0.25) is 0 Å². The fraction of sp³-hybridized carbons (Fsp3) is 0.600. The first-order valence-electron chi connectivity index (χ1n) is 5.04. The van der Waals surface area contributed by atoms with Gasteiger partial charge in [0.1, 0.15) is 0 Å². The molecule has 0 aliphatic heterocycles. The molecule has 0 aliphatic carbocycles. The Morgan fingerprint density at radius 2 is 2.13 bits per heavy atom. The molecule has 1 aromatic heterocycles. The summed E-state index contributed by atoms with van der Waals surface area (Å²) >= 11 is 6.90. The van der Waals surface area contributed by atoms with E-state index < -0.39 is 0 Å². The van der Waals surface area contributed by atoms with Crippen LogP contribution in [0.3, 0.4) is 0 Å². The van der Waals surface area contributed by atoms with Crippen molar-refractivity contribution in [2.75, 3.05) is 13.1 Å². The second-order valence-electron chi connectivity index (χ2n) is 3.29. The summed E-state index contributed by atoms with van der Waals surface area (Å²) in [5.74, 6) is 0. The molecular weight excluding hydrogens is 226 g/mol. The fourth-order valence-electron chi connectivity index (χ4n) is 1.19. The van der Waals surface area contributed by atoms with Crippen LogP contribution in [0.1, 0.15) is 19.5 Å². The van der Waals surface area contributed by atoms with Crippen LogP contribution in [0.15, 0.2) is 10.4 Å². The van der Waals surface area contributed by atoms with Crippen molar-refractivity contribution >= 4 is 28.7 Å². The second-order valence-corrected chi connectivity index (χ2v) is 4.49. The highest BCUT2D eigenvalue weighted by atomic mass is 32.1. The third-order valence-corrected chi connectivity index (χ3v) is 3.76. The summed E-state index contributed by atoms with van der Waals surface area (Å²) < 4.78 is 2.06. The highest BCUT2D eigenvalue weighted by Gasteiger charge is 2.03. The molecule has 0 N–H and O–H groups in total. The summed E-state index contributed by atoms with van der Waals surface area (Å²) in [6.07, 6.45) is 0. The number of thiocarbonyl (C=S) groups is 1. The summed E-state index contributed by atoms with van der Waals surface area (Å²) in [5.41, 5.74) is 1.21. The standard InChI is InChI=1S/C10H17N3S2/c1-5-13(6-2)9(14)11-10-12(4)8(3)7-15-10/h7H,5-6H2,1-4H3. The van der Waals surface area contributed by atoms with Crippen molar-refractivity contribution < 1.29 is 0 Å². The van der Waals surface area contributed by atoms with Crippen LogP contribution in [0.4, 0.5) is 0 Å². The third-order valence-electron chi connectivity index (χ3n) is 2.38. The first kappa shape index (κ1) is 12.4. The van der Waals surface area contributed by atoms with E-state index in [0.29, 0.717) is 5.11 Å². The topological polar surface area (TPSA) is 20.5 Å². The molecule has 0 unspecified atom stereocenters. The lowest BCUT2D eigenvalue weighted by atomic mass is 10.5. The molecule has 0 saturated heterocycles. The number of aromatic nitrogens is 1. The Kier molecular flexibility index (Phi) is 4.47. The molecule has 84 valence electrons. The van der Waals surface area contributed by atoms with Gasteiger partial charge in [-0.3, -0.25) is 0 Å². The van der Waals surface area contributed by atoms with Crippen molar-refractivity contribution in [1.82, 2.24) is 9.47 Å². The minimum absolute atomic E-state index is 0.678. The summed E-state index contributed by atoms with van der Waals surface area (Å²) in [4.78, 5) is 7.50. The maximum Gasteiger partial charge on any atom is 0.198 e. The molecular formula is C10H17N3S2. The van der Waals surface area contributed by atoms with Crippen LogP contribution < -0.4 is 4.80 Å². The molecule has 0 aromatic carbocycles. The third kappa shape index (κ3) is 2.89. The normalized spacial score (nSPS) is 11.9. The number of hydrogen-bond donors (Lipinski definition) is 0. The Labute approximate surface area is 100 Å². The van der Waals surface area contributed by atoms with E-state index in [9.17, 15) is 0 Å². The first-order valence-corrected chi connectivity index (χ1v) is 6.33. The number of nitrogens with zero attached hydrogens (tertiary/aromatic N) is 3. The molecule has 15 heavy (non-hydrogen) atoms. The largest absolute Gasteiger partial charge is 0.348 e. The Morgan fingerprint density at radius 3 is 2.53 bits per heavy atom. The van der Waals surface area contributed by atoms with Gasteiger partial charge in [0, 0.05) is 31.2 Å². The van der Waals surface area contributed by atoms with Gasteiger partial charge >= 0.3 is 0 Å². The van der Waals surface area contributed by atoms with Crippen LogP contribution in [0.5, 0.6) is 0 Å². The van der Waals surface area contributed by atoms with Crippen molar-refractivity contribution in [2.24, 2.45) is 12.0 Å². The van der Waals surface area contributed by atoms with Crippen LogP contribution in [-0.2, 0) is 7.05 Å². The van der Waals surface area contributed by atoms with Gasteiger partial charge in [0.25, 0.3) is 0 Å². The number of hydrogen-bond acceptors (Lipinski definition) is 2. The van der Waals surface area contributed by atoms with E-state index in [0.717, 1.165) is 17.9 Å². The molecule has 0 radical (unpaired) electrons. The van der Waals surface area contributed by atoms with E-state index in [1.54, 1.807) is 11.3 Å². The molecule has 0 atom stereocenters. The molecule has 1 heterocycles. The van der Waals surface area contributed by atoms with Gasteiger partial charge in [-0.2, -0.15) is 4.99 Å². The van der Waals surface area contributed by atoms with Crippen LogP contribution in [-0.4, -0.2) is 27.7 Å². The van der Waals surface area contributed by atoms with Crippen molar-refractivity contribution in [3.05, 3.63) is 15.9 Å². The smallest absolute Gasteiger partial charge is 0.198 e. The molecule has 1 rings (SSSR count). The van der Waals surface area contributed by atoms with Gasteiger partial charge in [-0.1, -0.05) is 0 Å².